The van der Waals surface area contributed by atoms with E-state index in [-0.39, 0.29) is 17.4 Å². The number of nitrogens with one attached hydrogen (secondary N) is 1. The van der Waals surface area contributed by atoms with Gasteiger partial charge in [-0.15, -0.1) is 0 Å². The van der Waals surface area contributed by atoms with E-state index in [0.717, 1.165) is 0 Å². The molecule has 0 bridgehead atoms. The molecule has 0 rings (SSSR count). The monoisotopic (exact) mass is 203 g/mol. The second-order valence-electron chi connectivity index (χ2n) is 3.89. The number of carbonyl (C=O) groups is 1. The van der Waals surface area contributed by atoms with E-state index in [2.05, 4.69) is 5.32 Å². The van der Waals surface area contributed by atoms with Crippen molar-refractivity contribution in [2.75, 3.05) is 0 Å². The highest BCUT2D eigenvalue weighted by Gasteiger charge is 2.15. The summed E-state index contributed by atoms with van der Waals surface area (Å²) in [6.45, 7) is 17.7. The molecule has 0 aliphatic rings. The van der Waals surface area contributed by atoms with Crippen LogP contribution in [0.15, 0.2) is 0 Å². The molecule has 1 N–H and O–H groups in total. The zero-order chi connectivity index (χ0) is 12.4. The van der Waals surface area contributed by atoms with Crippen LogP contribution < -0.4 is 5.32 Å². The Bertz CT molecular complexity index is 123. The quantitative estimate of drug-likeness (QED) is 0.693. The van der Waals surface area contributed by atoms with Crippen LogP contribution in [-0.4, -0.2) is 11.4 Å². The SMILES string of the molecule is CC.CC.CC(C)C(=O)NC(C)(C)C. The highest BCUT2D eigenvalue weighted by molar-refractivity contribution is 5.78. The first-order valence-corrected chi connectivity index (χ1v) is 5.65. The summed E-state index contributed by atoms with van der Waals surface area (Å²) in [4.78, 5) is 11.0. The molecule has 0 unspecified atom stereocenters. The Balaban J connectivity index is -0.000000266. The van der Waals surface area contributed by atoms with E-state index in [9.17, 15) is 4.79 Å². The molecule has 0 fully saturated rings. The number of rotatable bonds is 1. The first-order valence-electron chi connectivity index (χ1n) is 5.65. The van der Waals surface area contributed by atoms with Gasteiger partial charge in [0.15, 0.2) is 0 Å². The first-order chi connectivity index (χ1) is 6.33. The minimum atomic E-state index is -0.0959. The highest BCUT2D eigenvalue weighted by atomic mass is 16.1. The molecule has 1 amide bonds. The van der Waals surface area contributed by atoms with Crippen molar-refractivity contribution in [1.82, 2.24) is 5.32 Å². The van der Waals surface area contributed by atoms with Gasteiger partial charge < -0.3 is 5.32 Å². The van der Waals surface area contributed by atoms with Crippen molar-refractivity contribution in [1.29, 1.82) is 0 Å². The van der Waals surface area contributed by atoms with E-state index in [4.69, 9.17) is 0 Å². The van der Waals surface area contributed by atoms with Gasteiger partial charge in [-0.3, -0.25) is 4.79 Å². The zero-order valence-electron chi connectivity index (χ0n) is 11.5. The molecule has 14 heavy (non-hydrogen) atoms. The Kier molecular flexibility index (Phi) is 14.4. The molecule has 2 heteroatoms. The lowest BCUT2D eigenvalue weighted by Crippen LogP contribution is -2.42. The van der Waals surface area contributed by atoms with E-state index in [1.54, 1.807) is 0 Å². The van der Waals surface area contributed by atoms with Crippen molar-refractivity contribution < 1.29 is 4.79 Å². The fourth-order valence-electron chi connectivity index (χ4n) is 0.514. The summed E-state index contributed by atoms with van der Waals surface area (Å²) in [6, 6.07) is 0. The van der Waals surface area contributed by atoms with Crippen LogP contribution >= 0.6 is 0 Å². The average molecular weight is 203 g/mol. The van der Waals surface area contributed by atoms with E-state index in [1.165, 1.54) is 0 Å². The molecular weight excluding hydrogens is 174 g/mol. The maximum atomic E-state index is 11.0. The molecule has 0 aliphatic carbocycles. The number of amides is 1. The topological polar surface area (TPSA) is 29.1 Å². The summed E-state index contributed by atoms with van der Waals surface area (Å²) in [5, 5.41) is 2.88. The van der Waals surface area contributed by atoms with Crippen molar-refractivity contribution in [3.8, 4) is 0 Å². The second-order valence-corrected chi connectivity index (χ2v) is 3.89. The summed E-state index contributed by atoms with van der Waals surface area (Å²) in [5.41, 5.74) is -0.0959. The Hall–Kier alpha value is -0.530. The van der Waals surface area contributed by atoms with Gasteiger partial charge in [-0.25, -0.2) is 0 Å². The predicted molar refractivity (Wildman–Crippen MR) is 65.4 cm³/mol. The smallest absolute Gasteiger partial charge is 0.222 e. The van der Waals surface area contributed by atoms with Gasteiger partial charge >= 0.3 is 0 Å². The molecule has 0 spiro atoms. The van der Waals surface area contributed by atoms with Crippen LogP contribution in [0.5, 0.6) is 0 Å². The van der Waals surface area contributed by atoms with Crippen molar-refractivity contribution in [3.05, 3.63) is 0 Å². The zero-order valence-corrected chi connectivity index (χ0v) is 11.5. The molecule has 0 heterocycles. The lowest BCUT2D eigenvalue weighted by Gasteiger charge is -2.21. The summed E-state index contributed by atoms with van der Waals surface area (Å²) >= 11 is 0. The first kappa shape index (κ1) is 19.1. The molecule has 2 nitrogen and oxygen atoms in total. The fourth-order valence-corrected chi connectivity index (χ4v) is 0.514. The predicted octanol–water partition coefficient (Wildman–Crippen LogP) is 3.61. The minimum Gasteiger partial charge on any atom is -0.351 e. The molecule has 88 valence electrons. The number of hydrogen-bond donors (Lipinski definition) is 1. The van der Waals surface area contributed by atoms with Crippen LogP contribution in [0.4, 0.5) is 0 Å². The standard InChI is InChI=1S/C8H17NO.2C2H6/c1-6(2)7(10)9-8(3,4)5;2*1-2/h6H,1-5H3,(H,9,10);2*1-2H3. The van der Waals surface area contributed by atoms with Crippen molar-refractivity contribution in [2.45, 2.75) is 67.9 Å². The van der Waals surface area contributed by atoms with Crippen LogP contribution in [0.25, 0.3) is 0 Å². The van der Waals surface area contributed by atoms with Crippen molar-refractivity contribution in [2.24, 2.45) is 5.92 Å². The Morgan fingerprint density at radius 1 is 1.00 bits per heavy atom. The van der Waals surface area contributed by atoms with Gasteiger partial charge in [-0.1, -0.05) is 41.5 Å². The van der Waals surface area contributed by atoms with Gasteiger partial charge in [0.05, 0.1) is 0 Å². The third kappa shape index (κ3) is 17.5. The van der Waals surface area contributed by atoms with E-state index in [0.29, 0.717) is 0 Å². The van der Waals surface area contributed by atoms with E-state index < -0.39 is 0 Å². The summed E-state index contributed by atoms with van der Waals surface area (Å²) in [5.74, 6) is 0.201. The Morgan fingerprint density at radius 3 is 1.36 bits per heavy atom. The second kappa shape index (κ2) is 10.6. The van der Waals surface area contributed by atoms with Crippen LogP contribution in [-0.2, 0) is 4.79 Å². The Labute approximate surface area is 90.5 Å². The third-order valence-electron chi connectivity index (χ3n) is 1.02. The molecule has 0 radical (unpaired) electrons. The van der Waals surface area contributed by atoms with Crippen LogP contribution in [0.1, 0.15) is 62.3 Å². The van der Waals surface area contributed by atoms with Gasteiger partial charge in [0.1, 0.15) is 0 Å². The normalized spacial score (nSPS) is 9.29. The third-order valence-corrected chi connectivity index (χ3v) is 1.02. The molecule has 0 saturated carbocycles. The molecule has 0 aromatic carbocycles. The van der Waals surface area contributed by atoms with Crippen LogP contribution in [0, 0.1) is 5.92 Å². The van der Waals surface area contributed by atoms with Crippen LogP contribution in [0.3, 0.4) is 0 Å². The van der Waals surface area contributed by atoms with Gasteiger partial charge in [0.25, 0.3) is 0 Å². The molecule has 0 aliphatic heterocycles. The number of carbonyl (C=O) groups excluding carboxylic acids is 1. The summed E-state index contributed by atoms with van der Waals surface area (Å²) in [7, 11) is 0. The average Bonchev–Trinajstić information content (AvgIpc) is 2.08. The molecule has 0 aromatic heterocycles. The summed E-state index contributed by atoms with van der Waals surface area (Å²) < 4.78 is 0. The summed E-state index contributed by atoms with van der Waals surface area (Å²) in [6.07, 6.45) is 0. The van der Waals surface area contributed by atoms with Gasteiger partial charge in [0, 0.05) is 11.5 Å². The van der Waals surface area contributed by atoms with Crippen LogP contribution in [0.2, 0.25) is 0 Å². The maximum absolute atomic E-state index is 11.0. The van der Waals surface area contributed by atoms with E-state index >= 15 is 0 Å². The van der Waals surface area contributed by atoms with Crippen molar-refractivity contribution in [3.63, 3.8) is 0 Å². The van der Waals surface area contributed by atoms with Gasteiger partial charge in [-0.05, 0) is 20.8 Å². The lowest BCUT2D eigenvalue weighted by atomic mass is 10.1. The molecular formula is C12H29NO. The van der Waals surface area contributed by atoms with Crippen molar-refractivity contribution >= 4 is 5.91 Å². The Morgan fingerprint density at radius 2 is 1.29 bits per heavy atom. The molecule has 0 saturated heterocycles. The maximum Gasteiger partial charge on any atom is 0.222 e. The van der Waals surface area contributed by atoms with Gasteiger partial charge in [0.2, 0.25) is 5.91 Å². The fraction of sp³-hybridized carbons (Fsp3) is 0.917. The van der Waals surface area contributed by atoms with Gasteiger partial charge in [-0.2, -0.15) is 0 Å². The molecule has 0 atom stereocenters. The van der Waals surface area contributed by atoms with E-state index in [1.807, 2.05) is 62.3 Å². The largest absolute Gasteiger partial charge is 0.351 e. The highest BCUT2D eigenvalue weighted by Crippen LogP contribution is 2.01. The number of hydrogen-bond acceptors (Lipinski definition) is 1. The lowest BCUT2D eigenvalue weighted by molar-refractivity contribution is -0.125. The molecule has 0 aromatic rings. The minimum absolute atomic E-state index is 0.0826.